The third-order valence-corrected chi connectivity index (χ3v) is 1.86. The van der Waals surface area contributed by atoms with Gasteiger partial charge < -0.3 is 4.57 Å². The van der Waals surface area contributed by atoms with Crippen molar-refractivity contribution in [3.8, 4) is 0 Å². The molecule has 12 heavy (non-hydrogen) atoms. The van der Waals surface area contributed by atoms with Crippen molar-refractivity contribution in [1.82, 2.24) is 14.5 Å². The number of nitrogens with zero attached hydrogens (tertiary/aromatic N) is 3. The largest absolute Gasteiger partial charge is 0.323 e. The lowest BCUT2D eigenvalue weighted by Crippen LogP contribution is -2.00. The van der Waals surface area contributed by atoms with Crippen molar-refractivity contribution in [2.75, 3.05) is 0 Å². The monoisotopic (exact) mass is 183 g/mol. The fraction of sp³-hybridized carbons (Fsp3) is 0.625. The number of rotatable bonds is 4. The molecule has 0 aliphatic carbocycles. The molecule has 0 aliphatic rings. The van der Waals surface area contributed by atoms with Crippen LogP contribution in [0.5, 0.6) is 0 Å². The second-order valence-corrected chi connectivity index (χ2v) is 3.08. The van der Waals surface area contributed by atoms with Crippen molar-refractivity contribution < 1.29 is 0 Å². The Morgan fingerprint density at radius 2 is 2.00 bits per heavy atom. The molecular formula is C8H13N3S. The molecule has 4 heteroatoms. The van der Waals surface area contributed by atoms with Crippen molar-refractivity contribution >= 4 is 12.2 Å². The quantitative estimate of drug-likeness (QED) is 0.529. The van der Waals surface area contributed by atoms with Gasteiger partial charge in [0.05, 0.1) is 12.7 Å². The molecule has 0 atom stereocenters. The molecule has 0 fully saturated rings. The van der Waals surface area contributed by atoms with Gasteiger partial charge in [-0.1, -0.05) is 19.8 Å². The van der Waals surface area contributed by atoms with Crippen molar-refractivity contribution in [3.05, 3.63) is 17.4 Å². The van der Waals surface area contributed by atoms with Crippen LogP contribution in [0.2, 0.25) is 0 Å². The minimum atomic E-state index is 0.418. The van der Waals surface area contributed by atoms with Gasteiger partial charge in [-0.2, -0.15) is 0 Å². The molecule has 1 aromatic heterocycles. The number of hydrogen-bond donors (Lipinski definition) is 0. The summed E-state index contributed by atoms with van der Waals surface area (Å²) in [5.74, 6) is 0. The van der Waals surface area contributed by atoms with E-state index in [9.17, 15) is 0 Å². The molecule has 0 bridgehead atoms. The van der Waals surface area contributed by atoms with E-state index in [1.54, 1.807) is 12.7 Å². The van der Waals surface area contributed by atoms with Gasteiger partial charge in [-0.3, -0.25) is 0 Å². The molecule has 0 spiro atoms. The molecule has 0 N–H and O–H groups in total. The second-order valence-electron chi connectivity index (χ2n) is 2.72. The highest BCUT2D eigenvalue weighted by atomic mass is 32.1. The minimum absolute atomic E-state index is 0.418. The van der Waals surface area contributed by atoms with Crippen LogP contribution < -0.4 is 0 Å². The van der Waals surface area contributed by atoms with Gasteiger partial charge in [-0.05, 0) is 18.6 Å². The summed E-state index contributed by atoms with van der Waals surface area (Å²) < 4.78 is 2.38. The highest BCUT2D eigenvalue weighted by Crippen LogP contribution is 1.96. The summed E-state index contributed by atoms with van der Waals surface area (Å²) in [6.45, 7) is 3.18. The summed E-state index contributed by atoms with van der Waals surface area (Å²) in [7, 11) is 0. The van der Waals surface area contributed by atoms with E-state index in [0.717, 1.165) is 6.54 Å². The third-order valence-electron chi connectivity index (χ3n) is 1.65. The maximum Gasteiger partial charge on any atom is 0.222 e. The summed E-state index contributed by atoms with van der Waals surface area (Å²) in [6, 6.07) is 0. The molecule has 1 aromatic rings. The SMILES string of the molecule is CCCCCn1cnc(=S)nc1. The molecule has 0 aliphatic heterocycles. The zero-order valence-electron chi connectivity index (χ0n) is 7.23. The van der Waals surface area contributed by atoms with Crippen LogP contribution in [-0.2, 0) is 6.54 Å². The summed E-state index contributed by atoms with van der Waals surface area (Å²) >= 11 is 4.77. The number of unbranched alkanes of at least 4 members (excludes halogenated alkanes) is 2. The predicted molar refractivity (Wildman–Crippen MR) is 50.4 cm³/mol. The van der Waals surface area contributed by atoms with E-state index >= 15 is 0 Å². The van der Waals surface area contributed by atoms with E-state index < -0.39 is 0 Å². The van der Waals surface area contributed by atoms with Gasteiger partial charge in [0.15, 0.2) is 0 Å². The Bertz CT molecular complexity index is 261. The number of aryl methyl sites for hydroxylation is 1. The van der Waals surface area contributed by atoms with E-state index in [1.165, 1.54) is 19.3 Å². The molecule has 3 nitrogen and oxygen atoms in total. The van der Waals surface area contributed by atoms with Gasteiger partial charge in [0.1, 0.15) is 0 Å². The third kappa shape index (κ3) is 3.09. The zero-order chi connectivity index (χ0) is 8.81. The molecule has 0 radical (unpaired) electrons. The van der Waals surface area contributed by atoms with Gasteiger partial charge >= 0.3 is 0 Å². The lowest BCUT2D eigenvalue weighted by molar-refractivity contribution is 0.582. The maximum atomic E-state index is 4.77. The van der Waals surface area contributed by atoms with Crippen LogP contribution >= 0.6 is 12.2 Å². The first-order chi connectivity index (χ1) is 5.83. The Morgan fingerprint density at radius 3 is 2.58 bits per heavy atom. The first kappa shape index (κ1) is 9.32. The predicted octanol–water partition coefficient (Wildman–Crippen LogP) is 2.20. The number of hydrogen-bond acceptors (Lipinski definition) is 3. The van der Waals surface area contributed by atoms with Gasteiger partial charge in [-0.15, -0.1) is 0 Å². The molecule has 0 unspecified atom stereocenters. The molecule has 1 rings (SSSR count). The number of aromatic nitrogens is 3. The first-order valence-corrected chi connectivity index (χ1v) is 4.62. The van der Waals surface area contributed by atoms with Crippen molar-refractivity contribution in [2.45, 2.75) is 32.7 Å². The van der Waals surface area contributed by atoms with Crippen LogP contribution in [0.25, 0.3) is 0 Å². The maximum absolute atomic E-state index is 4.77. The fourth-order valence-electron chi connectivity index (χ4n) is 0.970. The zero-order valence-corrected chi connectivity index (χ0v) is 8.05. The molecule has 1 heterocycles. The average Bonchev–Trinajstić information content (AvgIpc) is 2.09. The Morgan fingerprint density at radius 1 is 1.33 bits per heavy atom. The van der Waals surface area contributed by atoms with Crippen molar-refractivity contribution in [1.29, 1.82) is 0 Å². The van der Waals surface area contributed by atoms with Crippen LogP contribution in [0.4, 0.5) is 0 Å². The molecule has 0 amide bonds. The first-order valence-electron chi connectivity index (χ1n) is 4.21. The molecule has 0 saturated heterocycles. The van der Waals surface area contributed by atoms with Gasteiger partial charge in [0, 0.05) is 6.54 Å². The summed E-state index contributed by atoms with van der Waals surface area (Å²) in [5.41, 5.74) is 0. The molecule has 66 valence electrons. The lowest BCUT2D eigenvalue weighted by Gasteiger charge is -2.02. The van der Waals surface area contributed by atoms with Gasteiger partial charge in [0.2, 0.25) is 4.77 Å². The smallest absolute Gasteiger partial charge is 0.222 e. The van der Waals surface area contributed by atoms with Crippen LogP contribution in [0.1, 0.15) is 26.2 Å². The minimum Gasteiger partial charge on any atom is -0.323 e. The highest BCUT2D eigenvalue weighted by Gasteiger charge is 1.88. The summed E-state index contributed by atoms with van der Waals surface area (Å²) in [4.78, 5) is 7.85. The summed E-state index contributed by atoms with van der Waals surface area (Å²) in [6.07, 6.45) is 7.15. The van der Waals surface area contributed by atoms with E-state index in [-0.39, 0.29) is 0 Å². The van der Waals surface area contributed by atoms with Crippen molar-refractivity contribution in [3.63, 3.8) is 0 Å². The summed E-state index contributed by atoms with van der Waals surface area (Å²) in [5, 5.41) is 0. The topological polar surface area (TPSA) is 30.7 Å². The van der Waals surface area contributed by atoms with E-state index in [2.05, 4.69) is 16.9 Å². The molecule has 0 aromatic carbocycles. The molecular weight excluding hydrogens is 170 g/mol. The van der Waals surface area contributed by atoms with Crippen LogP contribution in [0.15, 0.2) is 12.7 Å². The van der Waals surface area contributed by atoms with Crippen molar-refractivity contribution in [2.24, 2.45) is 0 Å². The van der Waals surface area contributed by atoms with E-state index in [0.29, 0.717) is 4.77 Å². The Kier molecular flexibility index (Phi) is 3.87. The van der Waals surface area contributed by atoms with E-state index in [1.807, 2.05) is 4.57 Å². The average molecular weight is 183 g/mol. The Balaban J connectivity index is 2.42. The van der Waals surface area contributed by atoms with Crippen LogP contribution in [0, 0.1) is 4.77 Å². The Hall–Kier alpha value is -0.770. The van der Waals surface area contributed by atoms with Crippen LogP contribution in [-0.4, -0.2) is 14.5 Å². The van der Waals surface area contributed by atoms with Gasteiger partial charge in [0.25, 0.3) is 0 Å². The normalized spacial score (nSPS) is 10.1. The highest BCUT2D eigenvalue weighted by molar-refractivity contribution is 7.71. The fourth-order valence-corrected chi connectivity index (χ4v) is 1.06. The standard InChI is InChI=1S/C8H13N3S/c1-2-3-4-5-11-6-9-8(12)10-7-11/h6-7H,2-5H2,1H3. The molecule has 0 saturated carbocycles. The second kappa shape index (κ2) is 4.98. The van der Waals surface area contributed by atoms with E-state index in [4.69, 9.17) is 12.2 Å². The Labute approximate surface area is 77.5 Å². The van der Waals surface area contributed by atoms with Crippen LogP contribution in [0.3, 0.4) is 0 Å². The lowest BCUT2D eigenvalue weighted by atomic mass is 10.2. The van der Waals surface area contributed by atoms with Gasteiger partial charge in [-0.25, -0.2) is 9.97 Å².